The normalized spacial score (nSPS) is 11.9. The Morgan fingerprint density at radius 3 is 1.80 bits per heavy atom. The highest BCUT2D eigenvalue weighted by atomic mass is 16.5. The second kappa shape index (κ2) is 13.0. The van der Waals surface area contributed by atoms with Crippen molar-refractivity contribution in [1.82, 2.24) is 9.97 Å². The highest BCUT2D eigenvalue weighted by Crippen LogP contribution is 2.09. The topological polar surface area (TPSA) is 128 Å². The summed E-state index contributed by atoms with van der Waals surface area (Å²) in [6, 6.07) is 9.24. The Balaban J connectivity index is 0.000000300. The molecule has 0 saturated heterocycles. The zero-order valence-corrected chi connectivity index (χ0v) is 17.8. The second-order valence-corrected chi connectivity index (χ2v) is 6.77. The molecule has 2 N–H and O–H groups in total. The molecule has 0 saturated carbocycles. The van der Waals surface area contributed by atoms with Gasteiger partial charge >= 0.3 is 11.9 Å². The lowest BCUT2D eigenvalue weighted by Crippen LogP contribution is -2.15. The fourth-order valence-corrected chi connectivity index (χ4v) is 2.50. The lowest BCUT2D eigenvalue weighted by molar-refractivity contribution is -0.145. The molecule has 0 aliphatic heterocycles. The number of nitrogens with two attached hydrogens (primary N) is 1. The van der Waals surface area contributed by atoms with E-state index in [-0.39, 0.29) is 23.8 Å². The molecule has 2 rings (SSSR count). The van der Waals surface area contributed by atoms with E-state index >= 15 is 0 Å². The van der Waals surface area contributed by atoms with Gasteiger partial charge in [0.2, 0.25) is 0 Å². The van der Waals surface area contributed by atoms with E-state index in [4.69, 9.17) is 11.0 Å². The van der Waals surface area contributed by atoms with Crippen LogP contribution in [0.3, 0.4) is 0 Å². The summed E-state index contributed by atoms with van der Waals surface area (Å²) in [6.07, 6.45) is 4.36. The van der Waals surface area contributed by atoms with Crippen LogP contribution in [-0.4, -0.2) is 36.1 Å². The molecule has 2 aromatic heterocycles. The molecule has 0 bridgehead atoms. The van der Waals surface area contributed by atoms with Crippen LogP contribution in [0.2, 0.25) is 0 Å². The van der Waals surface area contributed by atoms with Crippen molar-refractivity contribution in [2.75, 3.05) is 14.2 Å². The van der Waals surface area contributed by atoms with Crippen LogP contribution in [0.1, 0.15) is 36.4 Å². The first-order valence-electron chi connectivity index (χ1n) is 9.49. The predicted molar refractivity (Wildman–Crippen MR) is 111 cm³/mol. The van der Waals surface area contributed by atoms with Gasteiger partial charge in [0.25, 0.3) is 0 Å². The van der Waals surface area contributed by atoms with Gasteiger partial charge in [0.05, 0.1) is 31.6 Å². The average Bonchev–Trinajstić information content (AvgIpc) is 2.79. The van der Waals surface area contributed by atoms with Crippen LogP contribution in [0.5, 0.6) is 0 Å². The van der Waals surface area contributed by atoms with Crippen LogP contribution >= 0.6 is 0 Å². The second-order valence-electron chi connectivity index (χ2n) is 6.77. The monoisotopic (exact) mass is 412 g/mol. The molecule has 8 nitrogen and oxygen atoms in total. The van der Waals surface area contributed by atoms with Crippen molar-refractivity contribution in [2.45, 2.75) is 33.2 Å². The predicted octanol–water partition coefficient (Wildman–Crippen LogP) is 2.20. The molecule has 0 aromatic carbocycles. The number of esters is 2. The number of nitrogens with zero attached hydrogens (tertiary/aromatic N) is 3. The zero-order chi connectivity index (χ0) is 22.5. The summed E-state index contributed by atoms with van der Waals surface area (Å²) >= 11 is 0. The number of carbonyl (C=O) groups is 2. The minimum Gasteiger partial charge on any atom is -0.469 e. The summed E-state index contributed by atoms with van der Waals surface area (Å²) in [5.41, 5.74) is 8.63. The number of hydrogen-bond donors (Lipinski definition) is 1. The van der Waals surface area contributed by atoms with Gasteiger partial charge in [-0.15, -0.1) is 0 Å². The van der Waals surface area contributed by atoms with Gasteiger partial charge in [0.1, 0.15) is 6.07 Å². The summed E-state index contributed by atoms with van der Waals surface area (Å²) in [5.74, 6) is -0.831. The molecule has 0 aliphatic carbocycles. The number of nitriles is 1. The minimum absolute atomic E-state index is 0.161. The maximum atomic E-state index is 11.2. The van der Waals surface area contributed by atoms with Crippen molar-refractivity contribution in [3.8, 4) is 6.07 Å². The van der Waals surface area contributed by atoms with E-state index in [1.807, 2.05) is 25.1 Å². The lowest BCUT2D eigenvalue weighted by atomic mass is 10.1. The Kier molecular flexibility index (Phi) is 10.7. The summed E-state index contributed by atoms with van der Waals surface area (Å²) in [4.78, 5) is 30.6. The van der Waals surface area contributed by atoms with Crippen molar-refractivity contribution >= 4 is 11.9 Å². The van der Waals surface area contributed by atoms with E-state index in [2.05, 4.69) is 19.4 Å². The molecule has 0 aliphatic rings. The van der Waals surface area contributed by atoms with Crippen molar-refractivity contribution in [1.29, 1.82) is 5.26 Å². The largest absolute Gasteiger partial charge is 0.469 e. The Morgan fingerprint density at radius 1 is 0.967 bits per heavy atom. The van der Waals surface area contributed by atoms with Gasteiger partial charge in [-0.05, 0) is 23.8 Å². The fourth-order valence-electron chi connectivity index (χ4n) is 2.50. The molecule has 2 heterocycles. The highest BCUT2D eigenvalue weighted by molar-refractivity contribution is 5.72. The molecule has 2 aromatic rings. The number of pyridine rings is 2. The van der Waals surface area contributed by atoms with Gasteiger partial charge < -0.3 is 15.2 Å². The fraction of sp³-hybridized carbons (Fsp3) is 0.409. The number of aromatic nitrogens is 2. The summed E-state index contributed by atoms with van der Waals surface area (Å²) in [6.45, 7) is 4.09. The molecule has 30 heavy (non-hydrogen) atoms. The van der Waals surface area contributed by atoms with Gasteiger partial charge in [-0.3, -0.25) is 19.6 Å². The number of rotatable bonds is 7. The summed E-state index contributed by atoms with van der Waals surface area (Å²) in [5, 5.41) is 8.57. The minimum atomic E-state index is -0.249. The Labute approximate surface area is 177 Å². The third-order valence-corrected chi connectivity index (χ3v) is 4.31. The summed E-state index contributed by atoms with van der Waals surface area (Å²) in [7, 11) is 2.76. The molecular weight excluding hydrogens is 384 g/mol. The number of carbonyl (C=O) groups excluding carboxylic acids is 2. The van der Waals surface area contributed by atoms with Crippen LogP contribution in [0.4, 0.5) is 0 Å². The number of ether oxygens (including phenoxy) is 2. The van der Waals surface area contributed by atoms with Crippen molar-refractivity contribution in [3.05, 3.63) is 59.2 Å². The molecule has 0 amide bonds. The first-order chi connectivity index (χ1) is 14.3. The zero-order valence-electron chi connectivity index (χ0n) is 17.8. The quantitative estimate of drug-likeness (QED) is 0.685. The Bertz CT molecular complexity index is 845. The standard InChI is InChI=1S/C11H16N2O2.C11H12N2O2/c2*1-8(11(14)15-2)5-10-4-3-9(6-12)7-13-10/h3-4,7-8H,5-6,12H2,1-2H3;3-4,7-8H,5H2,1-2H3/t2*8-/m00/s1. The summed E-state index contributed by atoms with van der Waals surface area (Å²) < 4.78 is 9.25. The Hall–Kier alpha value is -3.31. The molecule has 8 heteroatoms. The maximum Gasteiger partial charge on any atom is 0.308 e. The van der Waals surface area contributed by atoms with Crippen LogP contribution in [0.25, 0.3) is 0 Å². The molecule has 0 unspecified atom stereocenters. The molecule has 0 radical (unpaired) electrons. The molecular formula is C22H28N4O4. The van der Waals surface area contributed by atoms with Gasteiger partial charge in [0, 0.05) is 43.2 Å². The first kappa shape index (κ1) is 24.7. The van der Waals surface area contributed by atoms with Crippen molar-refractivity contribution in [2.24, 2.45) is 17.6 Å². The van der Waals surface area contributed by atoms with E-state index < -0.39 is 0 Å². The third-order valence-electron chi connectivity index (χ3n) is 4.31. The number of methoxy groups -OCH3 is 2. The van der Waals surface area contributed by atoms with E-state index in [9.17, 15) is 9.59 Å². The SMILES string of the molecule is COC(=O)[C@@H](C)Cc1ccc(C#N)cn1.COC(=O)[C@@H](C)Cc1ccc(CN)cn1. The number of hydrogen-bond acceptors (Lipinski definition) is 8. The van der Waals surface area contributed by atoms with Crippen LogP contribution in [-0.2, 0) is 38.4 Å². The first-order valence-corrected chi connectivity index (χ1v) is 9.49. The Morgan fingerprint density at radius 2 is 1.47 bits per heavy atom. The lowest BCUT2D eigenvalue weighted by Gasteiger charge is -2.08. The highest BCUT2D eigenvalue weighted by Gasteiger charge is 2.14. The van der Waals surface area contributed by atoms with Gasteiger partial charge in [0.15, 0.2) is 0 Å². The van der Waals surface area contributed by atoms with Gasteiger partial charge in [-0.2, -0.15) is 5.26 Å². The van der Waals surface area contributed by atoms with Crippen molar-refractivity contribution < 1.29 is 19.1 Å². The van der Waals surface area contributed by atoms with Crippen LogP contribution in [0.15, 0.2) is 36.7 Å². The van der Waals surface area contributed by atoms with E-state index in [0.29, 0.717) is 24.9 Å². The van der Waals surface area contributed by atoms with E-state index in [0.717, 1.165) is 17.0 Å². The third kappa shape index (κ3) is 8.37. The van der Waals surface area contributed by atoms with Crippen LogP contribution in [0, 0.1) is 23.2 Å². The smallest absolute Gasteiger partial charge is 0.308 e. The maximum absolute atomic E-state index is 11.2. The van der Waals surface area contributed by atoms with Crippen molar-refractivity contribution in [3.63, 3.8) is 0 Å². The van der Waals surface area contributed by atoms with E-state index in [1.54, 1.807) is 25.3 Å². The molecule has 160 valence electrons. The van der Waals surface area contributed by atoms with E-state index in [1.165, 1.54) is 20.4 Å². The van der Waals surface area contributed by atoms with Gasteiger partial charge in [-0.1, -0.05) is 19.9 Å². The molecule has 2 atom stereocenters. The molecule has 0 spiro atoms. The average molecular weight is 412 g/mol. The van der Waals surface area contributed by atoms with Crippen LogP contribution < -0.4 is 5.73 Å². The molecule has 0 fully saturated rings. The van der Waals surface area contributed by atoms with Gasteiger partial charge in [-0.25, -0.2) is 0 Å².